The van der Waals surface area contributed by atoms with Crippen LogP contribution in [0, 0.1) is 0 Å². The first-order valence-corrected chi connectivity index (χ1v) is 13.8. The molecule has 2 fully saturated rings. The average molecular weight is 540 g/mol. The maximum Gasteiger partial charge on any atom is 0.247 e. The average Bonchev–Trinajstić information content (AvgIpc) is 3.39. The quantitative estimate of drug-likeness (QED) is 0.347. The van der Waals surface area contributed by atoms with Crippen LogP contribution in [-0.2, 0) is 9.53 Å². The van der Waals surface area contributed by atoms with Gasteiger partial charge in [0.05, 0.1) is 18.6 Å². The molecule has 2 saturated heterocycles. The standard InChI is InChI=1S/C30H33N7O3/c31-29-27-28(22-11-13-24(14-12-22)40-23-7-2-1-3-8-23)34-37(30(27)33-21-32-29)25-9-4-5-16-36(25)26(38)10-6-15-35-17-19-39-20-18-35/h1-3,6-8,10-14,21,25H,4-5,9,15-20H2,(H2,31,32,33)/b10-6+/t25-/m1/s1. The van der Waals surface area contributed by atoms with Crippen molar-refractivity contribution in [1.82, 2.24) is 29.5 Å². The first-order chi connectivity index (χ1) is 19.7. The number of amides is 1. The van der Waals surface area contributed by atoms with Crippen molar-refractivity contribution in [2.75, 3.05) is 45.1 Å². The predicted octanol–water partition coefficient (Wildman–Crippen LogP) is 4.27. The van der Waals surface area contributed by atoms with Gasteiger partial charge >= 0.3 is 0 Å². The molecule has 0 spiro atoms. The molecule has 4 heterocycles. The summed E-state index contributed by atoms with van der Waals surface area (Å²) in [5, 5.41) is 5.68. The van der Waals surface area contributed by atoms with Crippen LogP contribution in [0.5, 0.6) is 11.5 Å². The third kappa shape index (κ3) is 5.54. The summed E-state index contributed by atoms with van der Waals surface area (Å²) < 4.78 is 13.2. The molecule has 1 atom stereocenters. The number of fused-ring (bicyclic) bond motifs is 1. The van der Waals surface area contributed by atoms with E-state index in [4.69, 9.17) is 20.3 Å². The van der Waals surface area contributed by atoms with Crippen LogP contribution in [0.2, 0.25) is 0 Å². The van der Waals surface area contributed by atoms with E-state index in [-0.39, 0.29) is 12.1 Å². The van der Waals surface area contributed by atoms with E-state index >= 15 is 0 Å². The first kappa shape index (κ1) is 26.0. The van der Waals surface area contributed by atoms with Crippen molar-refractivity contribution in [2.24, 2.45) is 0 Å². The van der Waals surface area contributed by atoms with Gasteiger partial charge in [-0.25, -0.2) is 14.6 Å². The number of rotatable bonds is 7. The molecule has 10 heteroatoms. The Labute approximate surface area is 233 Å². The molecule has 40 heavy (non-hydrogen) atoms. The van der Waals surface area contributed by atoms with Crippen molar-refractivity contribution in [3.05, 3.63) is 73.1 Å². The third-order valence-electron chi connectivity index (χ3n) is 7.39. The van der Waals surface area contributed by atoms with E-state index in [9.17, 15) is 4.79 Å². The molecular weight excluding hydrogens is 506 g/mol. The van der Waals surface area contributed by atoms with Crippen LogP contribution < -0.4 is 10.5 Å². The van der Waals surface area contributed by atoms with Crippen molar-refractivity contribution < 1.29 is 14.3 Å². The molecule has 0 saturated carbocycles. The minimum atomic E-state index is -0.263. The summed E-state index contributed by atoms with van der Waals surface area (Å²) in [5.41, 5.74) is 8.53. The Hall–Kier alpha value is -4.28. The number of ether oxygens (including phenoxy) is 2. The summed E-state index contributed by atoms with van der Waals surface area (Å²) in [6, 6.07) is 17.4. The first-order valence-electron chi connectivity index (χ1n) is 13.8. The van der Waals surface area contributed by atoms with E-state index in [2.05, 4.69) is 14.9 Å². The lowest BCUT2D eigenvalue weighted by atomic mass is 10.1. The zero-order chi connectivity index (χ0) is 27.3. The van der Waals surface area contributed by atoms with Crippen LogP contribution in [0.3, 0.4) is 0 Å². The van der Waals surface area contributed by atoms with Gasteiger partial charge in [-0.3, -0.25) is 9.69 Å². The Balaban J connectivity index is 1.28. The van der Waals surface area contributed by atoms with Crippen molar-refractivity contribution in [2.45, 2.75) is 25.4 Å². The van der Waals surface area contributed by atoms with E-state index in [1.54, 1.807) is 6.08 Å². The highest BCUT2D eigenvalue weighted by Gasteiger charge is 2.31. The normalized spacial score (nSPS) is 18.4. The Bertz CT molecular complexity index is 1480. The molecule has 10 nitrogen and oxygen atoms in total. The Morgan fingerprint density at radius 1 is 1.00 bits per heavy atom. The smallest absolute Gasteiger partial charge is 0.247 e. The van der Waals surface area contributed by atoms with Gasteiger partial charge < -0.3 is 20.1 Å². The monoisotopic (exact) mass is 539 g/mol. The third-order valence-corrected chi connectivity index (χ3v) is 7.39. The van der Waals surface area contributed by atoms with Gasteiger partial charge in [-0.1, -0.05) is 24.3 Å². The van der Waals surface area contributed by atoms with Gasteiger partial charge in [0.15, 0.2) is 5.65 Å². The number of carbonyl (C=O) groups is 1. The molecule has 2 aromatic carbocycles. The van der Waals surface area contributed by atoms with E-state index in [1.807, 2.05) is 70.3 Å². The van der Waals surface area contributed by atoms with E-state index < -0.39 is 0 Å². The topological polar surface area (TPSA) is 112 Å². The van der Waals surface area contributed by atoms with Crippen LogP contribution >= 0.6 is 0 Å². The Morgan fingerprint density at radius 2 is 1.77 bits per heavy atom. The highest BCUT2D eigenvalue weighted by atomic mass is 16.5. The fourth-order valence-corrected chi connectivity index (χ4v) is 5.32. The highest BCUT2D eigenvalue weighted by Crippen LogP contribution is 2.36. The molecule has 2 aromatic heterocycles. The summed E-state index contributed by atoms with van der Waals surface area (Å²) in [7, 11) is 0. The van der Waals surface area contributed by atoms with Gasteiger partial charge in [0.2, 0.25) is 5.91 Å². The second-order valence-electron chi connectivity index (χ2n) is 10.0. The number of hydrogen-bond donors (Lipinski definition) is 1. The number of nitrogens with two attached hydrogens (primary N) is 1. The van der Waals surface area contributed by atoms with E-state index in [0.717, 1.165) is 69.2 Å². The number of hydrogen-bond acceptors (Lipinski definition) is 8. The van der Waals surface area contributed by atoms with Crippen LogP contribution in [0.1, 0.15) is 25.4 Å². The number of nitrogens with zero attached hydrogens (tertiary/aromatic N) is 6. The van der Waals surface area contributed by atoms with E-state index in [0.29, 0.717) is 29.1 Å². The molecule has 1 amide bonds. The molecule has 206 valence electrons. The number of para-hydroxylation sites is 1. The molecule has 0 aliphatic carbocycles. The second-order valence-corrected chi connectivity index (χ2v) is 10.0. The lowest BCUT2D eigenvalue weighted by Gasteiger charge is -2.35. The van der Waals surface area contributed by atoms with Gasteiger partial charge in [-0.2, -0.15) is 5.10 Å². The largest absolute Gasteiger partial charge is 0.457 e. The van der Waals surface area contributed by atoms with Gasteiger partial charge in [-0.15, -0.1) is 0 Å². The summed E-state index contributed by atoms with van der Waals surface area (Å²) in [5.74, 6) is 1.82. The lowest BCUT2D eigenvalue weighted by Crippen LogP contribution is -2.41. The van der Waals surface area contributed by atoms with Gasteiger partial charge in [0.1, 0.15) is 35.5 Å². The zero-order valence-electron chi connectivity index (χ0n) is 22.4. The molecule has 0 unspecified atom stereocenters. The minimum Gasteiger partial charge on any atom is -0.457 e. The number of nitrogen functional groups attached to an aromatic ring is 1. The zero-order valence-corrected chi connectivity index (χ0v) is 22.4. The fourth-order valence-electron chi connectivity index (χ4n) is 5.32. The van der Waals surface area contributed by atoms with Gasteiger partial charge in [-0.05, 0) is 55.7 Å². The predicted molar refractivity (Wildman–Crippen MR) is 153 cm³/mol. The summed E-state index contributed by atoms with van der Waals surface area (Å²) >= 11 is 0. The number of anilines is 1. The maximum absolute atomic E-state index is 13.4. The van der Waals surface area contributed by atoms with E-state index in [1.165, 1.54) is 6.33 Å². The Morgan fingerprint density at radius 3 is 2.58 bits per heavy atom. The van der Waals surface area contributed by atoms with Crippen LogP contribution in [-0.4, -0.2) is 74.8 Å². The van der Waals surface area contributed by atoms with Crippen molar-refractivity contribution in [3.8, 4) is 22.8 Å². The molecular formula is C30H33N7O3. The fraction of sp³-hybridized carbons (Fsp3) is 0.333. The molecule has 2 aliphatic heterocycles. The maximum atomic E-state index is 13.4. The number of morpholine rings is 1. The van der Waals surface area contributed by atoms with Gasteiger partial charge in [0.25, 0.3) is 0 Å². The second kappa shape index (κ2) is 11.8. The van der Waals surface area contributed by atoms with Gasteiger partial charge in [0, 0.05) is 37.8 Å². The molecule has 2 N–H and O–H groups in total. The van der Waals surface area contributed by atoms with Crippen LogP contribution in [0.25, 0.3) is 22.3 Å². The highest BCUT2D eigenvalue weighted by molar-refractivity contribution is 5.98. The number of piperidine rings is 1. The van der Waals surface area contributed by atoms with Crippen LogP contribution in [0.15, 0.2) is 73.1 Å². The Kier molecular flexibility index (Phi) is 7.69. The lowest BCUT2D eigenvalue weighted by molar-refractivity contribution is -0.132. The summed E-state index contributed by atoms with van der Waals surface area (Å²) in [6.45, 7) is 4.63. The van der Waals surface area contributed by atoms with Crippen molar-refractivity contribution in [3.63, 3.8) is 0 Å². The van der Waals surface area contributed by atoms with Crippen LogP contribution in [0.4, 0.5) is 5.82 Å². The summed E-state index contributed by atoms with van der Waals surface area (Å²) in [6.07, 6.45) is 7.56. The molecule has 0 radical (unpaired) electrons. The SMILES string of the molecule is Nc1ncnc2c1c(-c1ccc(Oc3ccccc3)cc1)nn2[C@@H]1CCCCN1C(=O)/C=C/CN1CCOCC1. The molecule has 2 aliphatic rings. The molecule has 0 bridgehead atoms. The number of likely N-dealkylation sites (tertiary alicyclic amines) is 1. The number of aromatic nitrogens is 4. The number of benzene rings is 2. The molecule has 4 aromatic rings. The van der Waals surface area contributed by atoms with Crippen molar-refractivity contribution in [1.29, 1.82) is 0 Å². The van der Waals surface area contributed by atoms with Crippen molar-refractivity contribution >= 4 is 22.8 Å². The number of carbonyl (C=O) groups excluding carboxylic acids is 1. The minimum absolute atomic E-state index is 0.0207. The molecule has 6 rings (SSSR count). The summed E-state index contributed by atoms with van der Waals surface area (Å²) in [4.78, 5) is 26.4.